The Morgan fingerprint density at radius 1 is 0.359 bits per heavy atom. The lowest BCUT2D eigenvalue weighted by molar-refractivity contribution is 0.421. The molecule has 0 aromatic heterocycles. The molecule has 0 N–H and O–H groups in total. The number of hydrogen-bond acceptors (Lipinski definition) is 1. The van der Waals surface area contributed by atoms with Gasteiger partial charge < -0.3 is 4.12 Å². The molecule has 2 saturated carbocycles. The van der Waals surface area contributed by atoms with E-state index in [1.807, 2.05) is 0 Å². The maximum Gasteiger partial charge on any atom is 0.248 e. The number of rotatable bonds is 8. The SMILES string of the molecule is c1ccc([Si](O[Si](c2ccccc2)(c2ccccc2)C2CCCCC2)(c2ccccc2)C2CCCCC2)cc1. The van der Waals surface area contributed by atoms with Crippen molar-refractivity contribution in [3.63, 3.8) is 0 Å². The van der Waals surface area contributed by atoms with E-state index >= 15 is 0 Å². The van der Waals surface area contributed by atoms with Crippen LogP contribution in [0.5, 0.6) is 0 Å². The van der Waals surface area contributed by atoms with Gasteiger partial charge in [0.1, 0.15) is 0 Å². The molecular weight excluding hydrogens is 505 g/mol. The molecule has 0 amide bonds. The zero-order chi connectivity index (χ0) is 26.4. The zero-order valence-electron chi connectivity index (χ0n) is 23.2. The van der Waals surface area contributed by atoms with Gasteiger partial charge in [-0.25, -0.2) is 0 Å². The maximum atomic E-state index is 8.53. The standard InChI is InChI=1S/C36H42OSi2/c1-7-19-31(20-8-1)38(32-21-9-2-10-22-32,33-23-11-3-12-24-33)37-39(34-25-13-4-14-26-34,35-27-15-5-16-28-35)36-29-17-6-18-30-36/h1-2,4-5,7-10,13-16,19-22,25-28,33,36H,3,6,11-12,17-18,23-24,29-30H2. The van der Waals surface area contributed by atoms with E-state index in [0.717, 1.165) is 0 Å². The van der Waals surface area contributed by atoms with E-state index in [1.54, 1.807) is 0 Å². The average molecular weight is 547 g/mol. The first-order valence-electron chi connectivity index (χ1n) is 15.3. The van der Waals surface area contributed by atoms with Crippen LogP contribution in [0.3, 0.4) is 0 Å². The monoisotopic (exact) mass is 546 g/mol. The van der Waals surface area contributed by atoms with Crippen molar-refractivity contribution in [1.82, 2.24) is 0 Å². The predicted molar refractivity (Wildman–Crippen MR) is 171 cm³/mol. The van der Waals surface area contributed by atoms with Crippen LogP contribution in [-0.2, 0) is 4.12 Å². The third-order valence-corrected chi connectivity index (χ3v) is 20.3. The Kier molecular flexibility index (Phi) is 8.29. The molecule has 0 atom stereocenters. The van der Waals surface area contributed by atoms with Crippen molar-refractivity contribution in [3.05, 3.63) is 121 Å². The first-order valence-corrected chi connectivity index (χ1v) is 19.2. The highest BCUT2D eigenvalue weighted by Crippen LogP contribution is 2.44. The molecule has 3 heteroatoms. The molecule has 0 heterocycles. The van der Waals surface area contributed by atoms with Crippen molar-refractivity contribution >= 4 is 37.4 Å². The molecule has 1 nitrogen and oxygen atoms in total. The molecule has 4 aromatic carbocycles. The van der Waals surface area contributed by atoms with Gasteiger partial charge in [0.05, 0.1) is 0 Å². The fraction of sp³-hybridized carbons (Fsp3) is 0.333. The molecule has 4 aromatic rings. The summed E-state index contributed by atoms with van der Waals surface area (Å²) in [4.78, 5) is 0. The second-order valence-corrected chi connectivity index (χ2v) is 19.4. The van der Waals surface area contributed by atoms with E-state index < -0.39 is 16.6 Å². The van der Waals surface area contributed by atoms with Gasteiger partial charge in [0.15, 0.2) is 0 Å². The van der Waals surface area contributed by atoms with Gasteiger partial charge in [-0.2, -0.15) is 0 Å². The average Bonchev–Trinajstić information content (AvgIpc) is 3.04. The van der Waals surface area contributed by atoms with Gasteiger partial charge in [-0.3, -0.25) is 0 Å². The molecule has 0 spiro atoms. The summed E-state index contributed by atoms with van der Waals surface area (Å²) in [6.07, 6.45) is 13.1. The molecular formula is C36H42OSi2. The van der Waals surface area contributed by atoms with Crippen molar-refractivity contribution < 1.29 is 4.12 Å². The smallest absolute Gasteiger partial charge is 0.248 e. The van der Waals surface area contributed by atoms with Crippen molar-refractivity contribution in [2.24, 2.45) is 0 Å². The largest absolute Gasteiger partial charge is 0.441 e. The van der Waals surface area contributed by atoms with Crippen LogP contribution in [0.1, 0.15) is 64.2 Å². The summed E-state index contributed by atoms with van der Waals surface area (Å²) >= 11 is 0. The lowest BCUT2D eigenvalue weighted by atomic mass is 10.0. The van der Waals surface area contributed by atoms with Gasteiger partial charge in [-0.05, 0) is 31.8 Å². The second kappa shape index (κ2) is 12.2. The zero-order valence-corrected chi connectivity index (χ0v) is 25.2. The van der Waals surface area contributed by atoms with Crippen molar-refractivity contribution in [2.45, 2.75) is 75.3 Å². The van der Waals surface area contributed by atoms with Gasteiger partial charge in [0, 0.05) is 0 Å². The quantitative estimate of drug-likeness (QED) is 0.213. The Morgan fingerprint density at radius 3 is 0.872 bits per heavy atom. The number of hydrogen-bond donors (Lipinski definition) is 0. The Hall–Kier alpha value is -2.73. The van der Waals surface area contributed by atoms with Crippen molar-refractivity contribution in [1.29, 1.82) is 0 Å². The van der Waals surface area contributed by atoms with Crippen molar-refractivity contribution in [2.75, 3.05) is 0 Å². The first-order chi connectivity index (χ1) is 19.3. The molecule has 6 rings (SSSR count). The summed E-state index contributed by atoms with van der Waals surface area (Å²) in [6.45, 7) is 0. The summed E-state index contributed by atoms with van der Waals surface area (Å²) < 4.78 is 8.53. The summed E-state index contributed by atoms with van der Waals surface area (Å²) in [6, 6.07) is 46.0. The highest BCUT2D eigenvalue weighted by Gasteiger charge is 2.57. The molecule has 2 aliphatic carbocycles. The van der Waals surface area contributed by atoms with Crippen molar-refractivity contribution in [3.8, 4) is 0 Å². The summed E-state index contributed by atoms with van der Waals surface area (Å²) in [5.74, 6) is 0. The first kappa shape index (κ1) is 26.5. The minimum atomic E-state index is -2.67. The van der Waals surface area contributed by atoms with E-state index in [9.17, 15) is 0 Å². The van der Waals surface area contributed by atoms with E-state index in [-0.39, 0.29) is 0 Å². The van der Waals surface area contributed by atoms with Crippen LogP contribution in [0.15, 0.2) is 121 Å². The Bertz CT molecular complexity index is 1100. The maximum absolute atomic E-state index is 8.53. The van der Waals surface area contributed by atoms with Crippen LogP contribution in [0.2, 0.25) is 11.1 Å². The van der Waals surface area contributed by atoms with E-state index in [0.29, 0.717) is 11.1 Å². The lowest BCUT2D eigenvalue weighted by Gasteiger charge is -2.51. The van der Waals surface area contributed by atoms with Gasteiger partial charge in [-0.15, -0.1) is 0 Å². The van der Waals surface area contributed by atoms with Gasteiger partial charge in [0.2, 0.25) is 16.6 Å². The van der Waals surface area contributed by atoms with Crippen LogP contribution >= 0.6 is 0 Å². The minimum absolute atomic E-state index is 0.582. The van der Waals surface area contributed by atoms with Gasteiger partial charge >= 0.3 is 0 Å². The van der Waals surface area contributed by atoms with Crippen LogP contribution in [0, 0.1) is 0 Å². The van der Waals surface area contributed by atoms with Gasteiger partial charge in [-0.1, -0.05) is 186 Å². The molecule has 200 valence electrons. The van der Waals surface area contributed by atoms with Gasteiger partial charge in [0.25, 0.3) is 0 Å². The molecule has 2 fully saturated rings. The van der Waals surface area contributed by atoms with E-state index in [4.69, 9.17) is 4.12 Å². The lowest BCUT2D eigenvalue weighted by Crippen LogP contribution is -2.76. The molecule has 0 bridgehead atoms. The Labute approximate surface area is 237 Å². The third kappa shape index (κ3) is 5.13. The topological polar surface area (TPSA) is 9.23 Å². The summed E-state index contributed by atoms with van der Waals surface area (Å²) in [5.41, 5.74) is 1.16. The van der Waals surface area contributed by atoms with Crippen LogP contribution in [0.25, 0.3) is 0 Å². The second-order valence-electron chi connectivity index (χ2n) is 11.7. The summed E-state index contributed by atoms with van der Waals surface area (Å²) in [7, 11) is -5.34. The highest BCUT2D eigenvalue weighted by molar-refractivity contribution is 7.10. The minimum Gasteiger partial charge on any atom is -0.441 e. The fourth-order valence-electron chi connectivity index (χ4n) is 7.69. The molecule has 0 aliphatic heterocycles. The van der Waals surface area contributed by atoms with E-state index in [1.165, 1.54) is 85.0 Å². The van der Waals surface area contributed by atoms with E-state index in [2.05, 4.69) is 121 Å². The number of benzene rings is 4. The molecule has 0 unspecified atom stereocenters. The summed E-state index contributed by atoms with van der Waals surface area (Å²) in [5, 5.41) is 5.84. The van der Waals surface area contributed by atoms with Crippen LogP contribution in [0.4, 0.5) is 0 Å². The Morgan fingerprint density at radius 2 is 0.615 bits per heavy atom. The molecule has 39 heavy (non-hydrogen) atoms. The third-order valence-electron chi connectivity index (χ3n) is 9.49. The molecule has 2 aliphatic rings. The van der Waals surface area contributed by atoms with Crippen LogP contribution in [-0.4, -0.2) is 16.6 Å². The predicted octanol–water partition coefficient (Wildman–Crippen LogP) is 7.19. The molecule has 0 saturated heterocycles. The molecule has 0 radical (unpaired) electrons. The van der Waals surface area contributed by atoms with Crippen LogP contribution < -0.4 is 20.7 Å². The highest BCUT2D eigenvalue weighted by atomic mass is 28.4. The normalized spacial score (nSPS) is 17.6. The fourth-order valence-corrected chi connectivity index (χ4v) is 20.7. The Balaban J connectivity index is 1.66.